The van der Waals surface area contributed by atoms with Crippen LogP contribution in [-0.4, -0.2) is 38.6 Å². The summed E-state index contributed by atoms with van der Waals surface area (Å²) in [5, 5.41) is 15.2. The summed E-state index contributed by atoms with van der Waals surface area (Å²) in [7, 11) is 1.92. The summed E-state index contributed by atoms with van der Waals surface area (Å²) < 4.78 is 3.66. The lowest BCUT2D eigenvalue weighted by Gasteiger charge is -2.36. The third kappa shape index (κ3) is 3.18. The zero-order valence-electron chi connectivity index (χ0n) is 14.4. The van der Waals surface area contributed by atoms with Crippen LogP contribution in [0.25, 0.3) is 0 Å². The third-order valence-corrected chi connectivity index (χ3v) is 4.88. The second-order valence-electron chi connectivity index (χ2n) is 6.19. The van der Waals surface area contributed by atoms with E-state index in [9.17, 15) is 4.79 Å². The lowest BCUT2D eigenvalue weighted by atomic mass is 9.87. The average Bonchev–Trinajstić information content (AvgIpc) is 3.17. The van der Waals surface area contributed by atoms with Crippen LogP contribution in [0, 0.1) is 13.8 Å². The lowest BCUT2D eigenvalue weighted by Crippen LogP contribution is -2.54. The molecule has 132 valence electrons. The van der Waals surface area contributed by atoms with Crippen molar-refractivity contribution in [3.05, 3.63) is 35.4 Å². The van der Waals surface area contributed by atoms with Crippen molar-refractivity contribution in [3.8, 4) is 0 Å². The highest BCUT2D eigenvalue weighted by Gasteiger charge is 2.41. The molecule has 1 saturated heterocycles. The first-order valence-electron chi connectivity index (χ1n) is 8.03. The molecule has 0 spiro atoms. The van der Waals surface area contributed by atoms with Gasteiger partial charge in [0.15, 0.2) is 0 Å². The van der Waals surface area contributed by atoms with Crippen LogP contribution in [0.2, 0.25) is 0 Å². The van der Waals surface area contributed by atoms with Crippen molar-refractivity contribution in [1.82, 2.24) is 30.2 Å². The summed E-state index contributed by atoms with van der Waals surface area (Å²) in [6.45, 7) is 6.13. The monoisotopic (exact) mass is 352 g/mol. The minimum Gasteiger partial charge on any atom is -0.350 e. The number of halogens is 1. The molecule has 24 heavy (non-hydrogen) atoms. The Morgan fingerprint density at radius 3 is 2.62 bits per heavy atom. The molecule has 0 aromatic carbocycles. The van der Waals surface area contributed by atoms with Gasteiger partial charge in [-0.3, -0.25) is 14.2 Å². The average molecular weight is 353 g/mol. The first kappa shape index (κ1) is 18.5. The summed E-state index contributed by atoms with van der Waals surface area (Å²) in [5.41, 5.74) is 2.54. The largest absolute Gasteiger partial charge is 0.350 e. The fourth-order valence-corrected chi connectivity index (χ4v) is 3.33. The topological polar surface area (TPSA) is 76.8 Å². The Bertz CT molecular complexity index is 688. The Kier molecular flexibility index (Phi) is 5.66. The predicted octanol–water partition coefficient (Wildman–Crippen LogP) is 1.05. The molecule has 2 aromatic heterocycles. The number of carbonyl (C=O) groups excluding carboxylic acids is 1. The summed E-state index contributed by atoms with van der Waals surface area (Å²) in [4.78, 5) is 13.0. The number of rotatable bonds is 4. The van der Waals surface area contributed by atoms with Gasteiger partial charge in [-0.15, -0.1) is 12.4 Å². The van der Waals surface area contributed by atoms with Crippen LogP contribution in [0.15, 0.2) is 18.5 Å². The maximum atomic E-state index is 13.0. The van der Waals surface area contributed by atoms with Crippen molar-refractivity contribution in [2.45, 2.75) is 38.8 Å². The number of hydrogen-bond acceptors (Lipinski definition) is 4. The van der Waals surface area contributed by atoms with Crippen LogP contribution in [-0.2, 0) is 23.9 Å². The smallest absolute Gasteiger partial charge is 0.248 e. The molecular weight excluding hydrogens is 328 g/mol. The van der Waals surface area contributed by atoms with Crippen molar-refractivity contribution in [1.29, 1.82) is 0 Å². The Morgan fingerprint density at radius 2 is 2.08 bits per heavy atom. The number of hydrogen-bond donors (Lipinski definition) is 2. The van der Waals surface area contributed by atoms with Crippen LogP contribution < -0.4 is 10.6 Å². The number of carbonyl (C=O) groups is 1. The van der Waals surface area contributed by atoms with E-state index in [1.807, 2.05) is 42.5 Å². The van der Waals surface area contributed by atoms with Gasteiger partial charge in [-0.25, -0.2) is 0 Å². The Labute approximate surface area is 148 Å². The molecule has 7 nitrogen and oxygen atoms in total. The minimum absolute atomic E-state index is 0. The quantitative estimate of drug-likeness (QED) is 0.862. The highest BCUT2D eigenvalue weighted by molar-refractivity contribution is 5.85. The van der Waals surface area contributed by atoms with Gasteiger partial charge in [0, 0.05) is 37.2 Å². The molecule has 0 radical (unpaired) electrons. The van der Waals surface area contributed by atoms with E-state index in [-0.39, 0.29) is 18.3 Å². The highest BCUT2D eigenvalue weighted by Crippen LogP contribution is 2.27. The first-order chi connectivity index (χ1) is 11.0. The van der Waals surface area contributed by atoms with E-state index in [4.69, 9.17) is 0 Å². The number of piperidine rings is 1. The van der Waals surface area contributed by atoms with Crippen molar-refractivity contribution in [3.63, 3.8) is 0 Å². The van der Waals surface area contributed by atoms with E-state index in [1.54, 1.807) is 6.20 Å². The molecule has 1 fully saturated rings. The van der Waals surface area contributed by atoms with Gasteiger partial charge < -0.3 is 10.6 Å². The first-order valence-corrected chi connectivity index (χ1v) is 8.03. The van der Waals surface area contributed by atoms with Gasteiger partial charge in [0.05, 0.1) is 5.69 Å². The number of nitrogens with zero attached hydrogens (tertiary/aromatic N) is 4. The second-order valence-corrected chi connectivity index (χ2v) is 6.19. The molecule has 0 saturated carbocycles. The van der Waals surface area contributed by atoms with E-state index in [2.05, 4.69) is 20.8 Å². The van der Waals surface area contributed by atoms with E-state index >= 15 is 0 Å². The van der Waals surface area contributed by atoms with Gasteiger partial charge in [-0.1, -0.05) is 0 Å². The van der Waals surface area contributed by atoms with Crippen molar-refractivity contribution < 1.29 is 4.79 Å². The van der Waals surface area contributed by atoms with E-state index in [0.29, 0.717) is 6.54 Å². The van der Waals surface area contributed by atoms with Gasteiger partial charge in [-0.2, -0.15) is 10.2 Å². The molecule has 3 rings (SSSR count). The molecule has 2 N–H and O–H groups in total. The van der Waals surface area contributed by atoms with Crippen LogP contribution in [0.3, 0.4) is 0 Å². The van der Waals surface area contributed by atoms with Gasteiger partial charge in [0.2, 0.25) is 5.91 Å². The minimum atomic E-state index is -0.598. The van der Waals surface area contributed by atoms with Crippen LogP contribution in [0.4, 0.5) is 0 Å². The molecule has 1 aliphatic rings. The predicted molar refractivity (Wildman–Crippen MR) is 94.1 cm³/mol. The second kappa shape index (κ2) is 7.36. The zero-order valence-corrected chi connectivity index (χ0v) is 15.2. The Balaban J connectivity index is 0.00000208. The van der Waals surface area contributed by atoms with E-state index in [0.717, 1.165) is 42.9 Å². The highest BCUT2D eigenvalue weighted by atomic mass is 35.5. The Morgan fingerprint density at radius 1 is 1.38 bits per heavy atom. The Hall–Kier alpha value is -1.86. The number of aryl methyl sites for hydroxylation is 2. The normalized spacial score (nSPS) is 16.5. The molecule has 0 atom stereocenters. The summed E-state index contributed by atoms with van der Waals surface area (Å²) in [5.74, 6) is 0.0327. The molecule has 3 heterocycles. The summed E-state index contributed by atoms with van der Waals surface area (Å²) in [6.07, 6.45) is 5.09. The molecular formula is C16H25ClN6O. The maximum Gasteiger partial charge on any atom is 0.248 e. The number of nitrogens with one attached hydrogen (secondary N) is 2. The van der Waals surface area contributed by atoms with Crippen LogP contribution in [0.1, 0.15) is 29.8 Å². The van der Waals surface area contributed by atoms with Crippen molar-refractivity contribution in [2.75, 3.05) is 13.1 Å². The van der Waals surface area contributed by atoms with Gasteiger partial charge >= 0.3 is 0 Å². The van der Waals surface area contributed by atoms with Crippen molar-refractivity contribution in [2.24, 2.45) is 7.05 Å². The maximum absolute atomic E-state index is 13.0. The number of aromatic nitrogens is 4. The lowest BCUT2D eigenvalue weighted by molar-refractivity contribution is -0.132. The van der Waals surface area contributed by atoms with Crippen molar-refractivity contribution >= 4 is 18.3 Å². The molecule has 0 aliphatic carbocycles. The summed E-state index contributed by atoms with van der Waals surface area (Å²) in [6, 6.07) is 1.87. The standard InChI is InChI=1S/C16H24N6O.ClH/c1-12-14(13(2)21(3)20-12)11-18-15(23)16(5-8-17-9-6-16)22-10-4-7-19-22;/h4,7,10,17H,5-6,8-9,11H2,1-3H3,(H,18,23);1H. The molecule has 1 aliphatic heterocycles. The van der Waals surface area contributed by atoms with Gasteiger partial charge in [-0.05, 0) is 45.8 Å². The molecule has 2 aromatic rings. The van der Waals surface area contributed by atoms with Crippen LogP contribution in [0.5, 0.6) is 0 Å². The third-order valence-electron chi connectivity index (χ3n) is 4.88. The molecule has 1 amide bonds. The zero-order chi connectivity index (χ0) is 16.4. The molecule has 0 unspecified atom stereocenters. The fourth-order valence-electron chi connectivity index (χ4n) is 3.33. The molecule has 0 bridgehead atoms. The van der Waals surface area contributed by atoms with Crippen LogP contribution >= 0.6 is 12.4 Å². The SMILES string of the molecule is Cc1nn(C)c(C)c1CNC(=O)C1(n2cccn2)CCNCC1.Cl. The molecule has 8 heteroatoms. The number of amides is 1. The fraction of sp³-hybridized carbons (Fsp3) is 0.562. The van der Waals surface area contributed by atoms with E-state index < -0.39 is 5.54 Å². The van der Waals surface area contributed by atoms with E-state index in [1.165, 1.54) is 0 Å². The summed E-state index contributed by atoms with van der Waals surface area (Å²) >= 11 is 0. The van der Waals surface area contributed by atoms with Gasteiger partial charge in [0.25, 0.3) is 0 Å². The van der Waals surface area contributed by atoms with Gasteiger partial charge in [0.1, 0.15) is 5.54 Å².